The maximum absolute atomic E-state index is 13.5. The highest BCUT2D eigenvalue weighted by atomic mass is 19.1. The van der Waals surface area contributed by atoms with Gasteiger partial charge < -0.3 is 9.80 Å². The summed E-state index contributed by atoms with van der Waals surface area (Å²) in [6, 6.07) is 12.0. The molecule has 0 N–H and O–H groups in total. The summed E-state index contributed by atoms with van der Waals surface area (Å²) in [5.74, 6) is -0.711. The monoisotopic (exact) mass is 394 g/mol. The van der Waals surface area contributed by atoms with Gasteiger partial charge in [0.1, 0.15) is 12.4 Å². The van der Waals surface area contributed by atoms with Gasteiger partial charge in [-0.25, -0.2) is 9.37 Å². The Kier molecular flexibility index (Phi) is 5.29. The van der Waals surface area contributed by atoms with Crippen LogP contribution >= 0.6 is 0 Å². The number of anilines is 1. The fourth-order valence-corrected chi connectivity index (χ4v) is 3.77. The molecule has 6 nitrogen and oxygen atoms in total. The first-order valence-corrected chi connectivity index (χ1v) is 9.74. The Morgan fingerprint density at radius 1 is 1.17 bits per heavy atom. The van der Waals surface area contributed by atoms with E-state index in [4.69, 9.17) is 0 Å². The number of halogens is 1. The van der Waals surface area contributed by atoms with E-state index in [1.54, 1.807) is 11.9 Å². The molecule has 150 valence electrons. The molecule has 4 rings (SSSR count). The minimum absolute atomic E-state index is 0.138. The van der Waals surface area contributed by atoms with Gasteiger partial charge in [0.2, 0.25) is 5.91 Å². The van der Waals surface area contributed by atoms with Crippen LogP contribution in [0, 0.1) is 5.82 Å². The number of carbonyl (C=O) groups excluding carboxylic acids is 1. The number of carbonyl (C=O) groups is 1. The number of benzene rings is 2. The standard InChI is InChI=1S/C22H23FN4O2/c1-25(13-16-6-2-3-7-20(16)26-10-4-5-11-26)21(28)14-27-15-24-19-9-8-17(23)12-18(19)22(27)29/h2-3,6-9,12,15H,4-5,10-11,13-14H2,1H3. The first-order chi connectivity index (χ1) is 14.0. The molecule has 0 atom stereocenters. The zero-order valence-corrected chi connectivity index (χ0v) is 16.3. The van der Waals surface area contributed by atoms with Crippen LogP contribution in [0.25, 0.3) is 10.9 Å². The summed E-state index contributed by atoms with van der Waals surface area (Å²) in [6.45, 7) is 2.38. The number of hydrogen-bond donors (Lipinski definition) is 0. The number of para-hydroxylation sites is 1. The molecular formula is C22H23FN4O2. The number of likely N-dealkylation sites (N-methyl/N-ethyl adjacent to an activating group) is 1. The maximum Gasteiger partial charge on any atom is 0.261 e. The highest BCUT2D eigenvalue weighted by Crippen LogP contribution is 2.25. The van der Waals surface area contributed by atoms with Gasteiger partial charge in [0.15, 0.2) is 0 Å². The van der Waals surface area contributed by atoms with E-state index in [2.05, 4.69) is 16.0 Å². The molecule has 0 aliphatic carbocycles. The Hall–Kier alpha value is -3.22. The molecule has 1 saturated heterocycles. The van der Waals surface area contributed by atoms with E-state index in [0.717, 1.165) is 30.4 Å². The molecular weight excluding hydrogens is 371 g/mol. The summed E-state index contributed by atoms with van der Waals surface area (Å²) >= 11 is 0. The predicted octanol–water partition coefficient (Wildman–Crippen LogP) is 2.79. The Morgan fingerprint density at radius 2 is 1.93 bits per heavy atom. The van der Waals surface area contributed by atoms with Crippen molar-refractivity contribution < 1.29 is 9.18 Å². The van der Waals surface area contributed by atoms with Crippen LogP contribution in [-0.4, -0.2) is 40.5 Å². The minimum Gasteiger partial charge on any atom is -0.371 e. The third-order valence-corrected chi connectivity index (χ3v) is 5.36. The SMILES string of the molecule is CN(Cc1ccccc1N1CCCC1)C(=O)Cn1cnc2ccc(F)cc2c1=O. The lowest BCUT2D eigenvalue weighted by Crippen LogP contribution is -2.34. The van der Waals surface area contributed by atoms with E-state index in [1.807, 2.05) is 18.2 Å². The van der Waals surface area contributed by atoms with Crippen molar-refractivity contribution in [1.82, 2.24) is 14.5 Å². The molecule has 2 aromatic carbocycles. The molecule has 2 heterocycles. The number of hydrogen-bond acceptors (Lipinski definition) is 4. The van der Waals surface area contributed by atoms with Crippen LogP contribution in [0.2, 0.25) is 0 Å². The van der Waals surface area contributed by atoms with Gasteiger partial charge in [0.25, 0.3) is 5.56 Å². The molecule has 1 aliphatic rings. The fourth-order valence-electron chi connectivity index (χ4n) is 3.77. The first-order valence-electron chi connectivity index (χ1n) is 9.74. The van der Waals surface area contributed by atoms with Crippen molar-refractivity contribution in [1.29, 1.82) is 0 Å². The highest BCUT2D eigenvalue weighted by molar-refractivity contribution is 5.79. The van der Waals surface area contributed by atoms with Crippen molar-refractivity contribution in [3.63, 3.8) is 0 Å². The molecule has 0 unspecified atom stereocenters. The van der Waals surface area contributed by atoms with Crippen LogP contribution in [0.4, 0.5) is 10.1 Å². The molecule has 29 heavy (non-hydrogen) atoms. The van der Waals surface area contributed by atoms with Crippen molar-refractivity contribution in [3.8, 4) is 0 Å². The number of rotatable bonds is 5. The van der Waals surface area contributed by atoms with Crippen LogP contribution < -0.4 is 10.5 Å². The Bertz CT molecular complexity index is 1110. The van der Waals surface area contributed by atoms with Gasteiger partial charge in [-0.1, -0.05) is 18.2 Å². The van der Waals surface area contributed by atoms with Crippen molar-refractivity contribution >= 4 is 22.5 Å². The Morgan fingerprint density at radius 3 is 2.72 bits per heavy atom. The maximum atomic E-state index is 13.5. The van der Waals surface area contributed by atoms with Crippen LogP contribution in [-0.2, 0) is 17.9 Å². The zero-order valence-electron chi connectivity index (χ0n) is 16.3. The quantitative estimate of drug-likeness (QED) is 0.668. The van der Waals surface area contributed by atoms with Gasteiger partial charge in [0.05, 0.1) is 17.2 Å². The lowest BCUT2D eigenvalue weighted by molar-refractivity contribution is -0.131. The largest absolute Gasteiger partial charge is 0.371 e. The first kappa shape index (κ1) is 19.1. The zero-order chi connectivity index (χ0) is 20.4. The van der Waals surface area contributed by atoms with Crippen LogP contribution in [0.3, 0.4) is 0 Å². The van der Waals surface area contributed by atoms with Gasteiger partial charge >= 0.3 is 0 Å². The van der Waals surface area contributed by atoms with Gasteiger partial charge in [-0.15, -0.1) is 0 Å². The van der Waals surface area contributed by atoms with Gasteiger partial charge in [-0.05, 0) is 42.7 Å². The summed E-state index contributed by atoms with van der Waals surface area (Å²) in [5, 5.41) is 0.169. The molecule has 0 radical (unpaired) electrons. The topological polar surface area (TPSA) is 58.4 Å². The van der Waals surface area contributed by atoms with Crippen LogP contribution in [0.15, 0.2) is 53.6 Å². The summed E-state index contributed by atoms with van der Waals surface area (Å²) in [7, 11) is 1.72. The minimum atomic E-state index is -0.504. The van der Waals surface area contributed by atoms with Crippen molar-refractivity contribution in [2.45, 2.75) is 25.9 Å². The summed E-state index contributed by atoms with van der Waals surface area (Å²) < 4.78 is 14.7. The molecule has 0 spiro atoms. The van der Waals surface area contributed by atoms with Crippen LogP contribution in [0.1, 0.15) is 18.4 Å². The highest BCUT2D eigenvalue weighted by Gasteiger charge is 2.18. The molecule has 7 heteroatoms. The van der Waals surface area contributed by atoms with E-state index >= 15 is 0 Å². The Balaban J connectivity index is 1.52. The average molecular weight is 394 g/mol. The van der Waals surface area contributed by atoms with E-state index in [0.29, 0.717) is 12.1 Å². The molecule has 1 aliphatic heterocycles. The smallest absolute Gasteiger partial charge is 0.261 e. The second kappa shape index (κ2) is 8.03. The number of fused-ring (bicyclic) bond motifs is 1. The molecule has 1 aromatic heterocycles. The lowest BCUT2D eigenvalue weighted by atomic mass is 10.1. The number of nitrogens with zero attached hydrogens (tertiary/aromatic N) is 4. The molecule has 0 bridgehead atoms. The van der Waals surface area contributed by atoms with E-state index in [-0.39, 0.29) is 17.8 Å². The number of aromatic nitrogens is 2. The fraction of sp³-hybridized carbons (Fsp3) is 0.318. The lowest BCUT2D eigenvalue weighted by Gasteiger charge is -2.24. The second-order valence-electron chi connectivity index (χ2n) is 7.41. The van der Waals surface area contributed by atoms with Crippen molar-refractivity contribution in [2.75, 3.05) is 25.0 Å². The van der Waals surface area contributed by atoms with E-state index in [9.17, 15) is 14.0 Å². The van der Waals surface area contributed by atoms with Gasteiger partial charge in [-0.2, -0.15) is 0 Å². The van der Waals surface area contributed by atoms with Gasteiger partial charge in [0, 0.05) is 32.4 Å². The Labute approximate surface area is 168 Å². The van der Waals surface area contributed by atoms with Crippen LogP contribution in [0.5, 0.6) is 0 Å². The molecule has 0 saturated carbocycles. The predicted molar refractivity (Wildman–Crippen MR) is 110 cm³/mol. The molecule has 1 fully saturated rings. The summed E-state index contributed by atoms with van der Waals surface area (Å²) in [4.78, 5) is 33.5. The van der Waals surface area contributed by atoms with E-state index in [1.165, 1.54) is 35.9 Å². The third-order valence-electron chi connectivity index (χ3n) is 5.36. The van der Waals surface area contributed by atoms with Crippen molar-refractivity contribution in [3.05, 3.63) is 70.5 Å². The summed E-state index contributed by atoms with van der Waals surface area (Å²) in [5.41, 5.74) is 2.22. The van der Waals surface area contributed by atoms with Gasteiger partial charge in [-0.3, -0.25) is 14.2 Å². The summed E-state index contributed by atoms with van der Waals surface area (Å²) in [6.07, 6.45) is 3.70. The number of amides is 1. The normalized spacial score (nSPS) is 13.8. The van der Waals surface area contributed by atoms with Crippen molar-refractivity contribution in [2.24, 2.45) is 0 Å². The third kappa shape index (κ3) is 3.99. The molecule has 3 aromatic rings. The second-order valence-corrected chi connectivity index (χ2v) is 7.41. The average Bonchev–Trinajstić information content (AvgIpc) is 3.25. The molecule has 1 amide bonds. The van der Waals surface area contributed by atoms with E-state index < -0.39 is 11.4 Å².